The summed E-state index contributed by atoms with van der Waals surface area (Å²) in [5.41, 5.74) is 2.87. The summed E-state index contributed by atoms with van der Waals surface area (Å²) in [4.78, 5) is 18.3. The molecule has 11 heteroatoms. The molecule has 0 amide bonds. The number of nitrogens with one attached hydrogen (secondary N) is 1. The van der Waals surface area contributed by atoms with Gasteiger partial charge in [-0.05, 0) is 31.2 Å². The molecule has 0 fully saturated rings. The number of hydrogen-bond acceptors (Lipinski definition) is 6. The van der Waals surface area contributed by atoms with Gasteiger partial charge in [0.15, 0.2) is 10.7 Å². The number of allylic oxidation sites excluding steroid dienone is 1. The van der Waals surface area contributed by atoms with Gasteiger partial charge >= 0.3 is 0 Å². The van der Waals surface area contributed by atoms with Gasteiger partial charge in [0.2, 0.25) is 10.0 Å². The topological polar surface area (TPSA) is 107 Å². The molecule has 154 valence electrons. The Morgan fingerprint density at radius 3 is 2.57 bits per heavy atom. The lowest BCUT2D eigenvalue weighted by Gasteiger charge is -2.08. The van der Waals surface area contributed by atoms with Gasteiger partial charge in [0, 0.05) is 18.0 Å². The molecular formula is C19H14Cl2N4O3S2. The van der Waals surface area contributed by atoms with E-state index in [0.29, 0.717) is 4.88 Å². The molecule has 0 aliphatic heterocycles. The van der Waals surface area contributed by atoms with Crippen molar-refractivity contribution in [1.82, 2.24) is 9.38 Å². The number of aromatic nitrogens is 2. The lowest BCUT2D eigenvalue weighted by Crippen LogP contribution is -2.12. The van der Waals surface area contributed by atoms with Gasteiger partial charge in [0.25, 0.3) is 0 Å². The Labute approximate surface area is 185 Å². The van der Waals surface area contributed by atoms with Crippen LogP contribution in [-0.2, 0) is 10.0 Å². The number of para-hydroxylation sites is 2. The minimum atomic E-state index is -3.94. The molecule has 2 aromatic carbocycles. The monoisotopic (exact) mass is 480 g/mol. The van der Waals surface area contributed by atoms with E-state index in [9.17, 15) is 13.2 Å². The second kappa shape index (κ2) is 7.68. The average molecular weight is 481 g/mol. The number of thiazole rings is 1. The summed E-state index contributed by atoms with van der Waals surface area (Å²) in [5.74, 6) is -0.215. The predicted molar refractivity (Wildman–Crippen MR) is 120 cm³/mol. The van der Waals surface area contributed by atoms with Gasteiger partial charge in [-0.1, -0.05) is 46.7 Å². The van der Waals surface area contributed by atoms with Crippen LogP contribution in [0.25, 0.3) is 16.0 Å². The molecule has 0 saturated carbocycles. The fourth-order valence-electron chi connectivity index (χ4n) is 3.02. The third-order valence-electron chi connectivity index (χ3n) is 4.42. The van der Waals surface area contributed by atoms with Crippen molar-refractivity contribution in [3.63, 3.8) is 0 Å². The SMILES string of the molecule is Cc1c(C(=O)/C=C/Nc2c(Cl)cc(S(N)(=O)=O)cc2Cl)sc2nc3ccccc3n12. The molecule has 3 N–H and O–H groups in total. The molecule has 2 heterocycles. The zero-order chi connectivity index (χ0) is 21.6. The summed E-state index contributed by atoms with van der Waals surface area (Å²) in [5, 5.41) is 8.02. The molecule has 4 aromatic rings. The summed E-state index contributed by atoms with van der Waals surface area (Å²) in [6.45, 7) is 1.87. The van der Waals surface area contributed by atoms with Crippen LogP contribution < -0.4 is 10.5 Å². The number of carbonyl (C=O) groups excluding carboxylic acids is 1. The number of ketones is 1. The van der Waals surface area contributed by atoms with Crippen LogP contribution in [0.4, 0.5) is 5.69 Å². The Balaban J connectivity index is 1.60. The van der Waals surface area contributed by atoms with Gasteiger partial charge in [-0.25, -0.2) is 18.5 Å². The molecule has 0 radical (unpaired) electrons. The van der Waals surface area contributed by atoms with Crippen molar-refractivity contribution in [2.75, 3.05) is 5.32 Å². The maximum Gasteiger partial charge on any atom is 0.238 e. The van der Waals surface area contributed by atoms with E-state index in [0.717, 1.165) is 21.7 Å². The molecule has 7 nitrogen and oxygen atoms in total. The Kier molecular flexibility index (Phi) is 5.33. The van der Waals surface area contributed by atoms with E-state index in [1.54, 1.807) is 0 Å². The summed E-state index contributed by atoms with van der Waals surface area (Å²) in [6.07, 6.45) is 2.74. The molecule has 0 saturated heterocycles. The fourth-order valence-corrected chi connectivity index (χ4v) is 5.37. The summed E-state index contributed by atoms with van der Waals surface area (Å²) in [7, 11) is -3.94. The quantitative estimate of drug-likeness (QED) is 0.320. The van der Waals surface area contributed by atoms with Gasteiger partial charge in [-0.2, -0.15) is 0 Å². The van der Waals surface area contributed by atoms with E-state index in [-0.39, 0.29) is 26.4 Å². The van der Waals surface area contributed by atoms with Gasteiger partial charge in [-0.15, -0.1) is 0 Å². The lowest BCUT2D eigenvalue weighted by atomic mass is 10.2. The van der Waals surface area contributed by atoms with Crippen molar-refractivity contribution in [3.8, 4) is 0 Å². The molecule has 2 aromatic heterocycles. The van der Waals surface area contributed by atoms with E-state index in [1.165, 1.54) is 35.7 Å². The Morgan fingerprint density at radius 1 is 1.23 bits per heavy atom. The molecule has 30 heavy (non-hydrogen) atoms. The van der Waals surface area contributed by atoms with Gasteiger partial charge in [0.1, 0.15) is 0 Å². The molecule has 0 bridgehead atoms. The second-order valence-electron chi connectivity index (χ2n) is 6.38. The van der Waals surface area contributed by atoms with Crippen LogP contribution in [0.15, 0.2) is 53.6 Å². The van der Waals surface area contributed by atoms with Crippen LogP contribution in [0.1, 0.15) is 15.4 Å². The first-order valence-corrected chi connectivity index (χ1v) is 11.6. The van der Waals surface area contributed by atoms with E-state index in [1.807, 2.05) is 35.6 Å². The number of anilines is 1. The highest BCUT2D eigenvalue weighted by Gasteiger charge is 2.18. The van der Waals surface area contributed by atoms with Crippen LogP contribution in [-0.4, -0.2) is 23.6 Å². The first kappa shape index (κ1) is 20.8. The van der Waals surface area contributed by atoms with Crippen molar-refractivity contribution < 1.29 is 13.2 Å². The number of carbonyl (C=O) groups is 1. The van der Waals surface area contributed by atoms with Crippen molar-refractivity contribution in [1.29, 1.82) is 0 Å². The molecule has 0 spiro atoms. The summed E-state index contributed by atoms with van der Waals surface area (Å²) < 4.78 is 24.9. The molecule has 4 rings (SSSR count). The van der Waals surface area contributed by atoms with Crippen molar-refractivity contribution in [3.05, 3.63) is 69.3 Å². The van der Waals surface area contributed by atoms with Gasteiger partial charge < -0.3 is 5.32 Å². The minimum Gasteiger partial charge on any atom is -0.359 e. The fraction of sp³-hybridized carbons (Fsp3) is 0.0526. The highest BCUT2D eigenvalue weighted by molar-refractivity contribution is 7.89. The Bertz CT molecular complexity index is 1430. The van der Waals surface area contributed by atoms with Crippen LogP contribution in [0.2, 0.25) is 10.0 Å². The Hall–Kier alpha value is -2.43. The van der Waals surface area contributed by atoms with Crippen molar-refractivity contribution in [2.45, 2.75) is 11.8 Å². The molecular weight excluding hydrogens is 467 g/mol. The number of rotatable bonds is 5. The maximum absolute atomic E-state index is 12.7. The third kappa shape index (κ3) is 3.70. The Morgan fingerprint density at radius 2 is 1.90 bits per heavy atom. The predicted octanol–water partition coefficient (Wildman–Crippen LogP) is 4.62. The van der Waals surface area contributed by atoms with E-state index in [4.69, 9.17) is 28.3 Å². The standard InChI is InChI=1S/C19H14Cl2N4O3S2/c1-10-18(29-19-24-14-4-2-3-5-15(14)25(10)19)16(26)6-7-23-17-12(20)8-11(9-13(17)21)30(22,27)28/h2-9,23H,1H3,(H2,22,27,28)/b7-6+. The van der Waals surface area contributed by atoms with Gasteiger partial charge in [-0.3, -0.25) is 9.20 Å². The van der Waals surface area contributed by atoms with E-state index >= 15 is 0 Å². The normalized spacial score (nSPS) is 12.3. The number of nitrogens with two attached hydrogens (primary N) is 1. The number of fused-ring (bicyclic) bond motifs is 3. The highest BCUT2D eigenvalue weighted by atomic mass is 35.5. The number of hydrogen-bond donors (Lipinski definition) is 2. The minimum absolute atomic E-state index is 0.0564. The average Bonchev–Trinajstić information content (AvgIpc) is 3.19. The largest absolute Gasteiger partial charge is 0.359 e. The van der Waals surface area contributed by atoms with Crippen LogP contribution in [0.3, 0.4) is 0 Å². The second-order valence-corrected chi connectivity index (χ2v) is 9.74. The highest BCUT2D eigenvalue weighted by Crippen LogP contribution is 2.33. The van der Waals surface area contributed by atoms with Crippen molar-refractivity contribution >= 4 is 72.0 Å². The smallest absolute Gasteiger partial charge is 0.238 e. The zero-order valence-corrected chi connectivity index (χ0v) is 18.5. The first-order valence-electron chi connectivity index (χ1n) is 8.52. The van der Waals surface area contributed by atoms with Crippen LogP contribution in [0, 0.1) is 6.92 Å². The summed E-state index contributed by atoms with van der Waals surface area (Å²) in [6, 6.07) is 10.1. The summed E-state index contributed by atoms with van der Waals surface area (Å²) >= 11 is 13.5. The molecule has 0 atom stereocenters. The number of benzene rings is 2. The number of halogens is 2. The molecule has 0 aliphatic carbocycles. The van der Waals surface area contributed by atoms with Gasteiger partial charge in [0.05, 0.1) is 36.5 Å². The van der Waals surface area contributed by atoms with Crippen LogP contribution in [0.5, 0.6) is 0 Å². The molecule has 0 unspecified atom stereocenters. The van der Waals surface area contributed by atoms with Crippen molar-refractivity contribution in [2.24, 2.45) is 5.14 Å². The van der Waals surface area contributed by atoms with E-state index in [2.05, 4.69) is 10.3 Å². The number of aryl methyl sites for hydroxylation is 1. The number of imidazole rings is 1. The van der Waals surface area contributed by atoms with Crippen LogP contribution >= 0.6 is 34.5 Å². The molecule has 0 aliphatic rings. The maximum atomic E-state index is 12.7. The number of sulfonamides is 1. The first-order chi connectivity index (χ1) is 14.2. The van der Waals surface area contributed by atoms with E-state index < -0.39 is 10.0 Å². The number of nitrogens with zero attached hydrogens (tertiary/aromatic N) is 2. The number of primary sulfonamides is 1. The lowest BCUT2D eigenvalue weighted by molar-refractivity contribution is 0.104. The zero-order valence-electron chi connectivity index (χ0n) is 15.4. The third-order valence-corrected chi connectivity index (χ3v) is 7.06.